The highest BCUT2D eigenvalue weighted by Crippen LogP contribution is 2.31. The molecule has 0 radical (unpaired) electrons. The number of amides is 3. The molecule has 1 saturated heterocycles. The SMILES string of the molecule is CC1=CC(C)=NC(=O)C1CNC(=O)c1cc(Br)cc2c1cnn2C1CCN(C(=O)C(C)(C)C)CC1. The van der Waals surface area contributed by atoms with Crippen LogP contribution in [0, 0.1) is 11.3 Å². The molecular weight excluding hydrogens is 510 g/mol. The fourth-order valence-electron chi connectivity index (χ4n) is 4.82. The highest BCUT2D eigenvalue weighted by atomic mass is 79.9. The number of benzene rings is 1. The number of rotatable bonds is 4. The molecule has 3 amide bonds. The lowest BCUT2D eigenvalue weighted by atomic mass is 9.93. The Morgan fingerprint density at radius 3 is 2.49 bits per heavy atom. The average Bonchev–Trinajstić information content (AvgIpc) is 3.20. The molecule has 0 bridgehead atoms. The monoisotopic (exact) mass is 541 g/mol. The van der Waals surface area contributed by atoms with Gasteiger partial charge in [-0.3, -0.25) is 19.1 Å². The minimum absolute atomic E-state index is 0.149. The van der Waals surface area contributed by atoms with E-state index in [0.717, 1.165) is 33.8 Å². The number of dihydropyridines is 1. The quantitative estimate of drug-likeness (QED) is 0.623. The predicted octanol–water partition coefficient (Wildman–Crippen LogP) is 4.30. The van der Waals surface area contributed by atoms with Gasteiger partial charge in [0.05, 0.1) is 29.2 Å². The van der Waals surface area contributed by atoms with Crippen molar-refractivity contribution < 1.29 is 14.4 Å². The van der Waals surface area contributed by atoms with Gasteiger partial charge in [-0.1, -0.05) is 42.3 Å². The van der Waals surface area contributed by atoms with Crippen LogP contribution in [-0.4, -0.2) is 57.7 Å². The van der Waals surface area contributed by atoms with Crippen LogP contribution in [0.3, 0.4) is 0 Å². The second-order valence-corrected chi connectivity index (χ2v) is 11.4. The van der Waals surface area contributed by atoms with Crippen LogP contribution >= 0.6 is 15.9 Å². The van der Waals surface area contributed by atoms with E-state index >= 15 is 0 Å². The number of carbonyl (C=O) groups is 3. The van der Waals surface area contributed by atoms with Gasteiger partial charge in [-0.2, -0.15) is 5.10 Å². The molecule has 3 heterocycles. The second-order valence-electron chi connectivity index (χ2n) is 10.5. The molecule has 1 fully saturated rings. The Kier molecular flexibility index (Phi) is 6.99. The third-order valence-corrected chi connectivity index (χ3v) is 7.16. The van der Waals surface area contributed by atoms with Gasteiger partial charge in [0, 0.05) is 40.6 Å². The Morgan fingerprint density at radius 1 is 1.17 bits per heavy atom. The second kappa shape index (κ2) is 9.68. The van der Waals surface area contributed by atoms with Gasteiger partial charge in [0.2, 0.25) is 5.91 Å². The molecule has 1 aromatic carbocycles. The summed E-state index contributed by atoms with van der Waals surface area (Å²) in [6.45, 7) is 11.1. The van der Waals surface area contributed by atoms with Gasteiger partial charge < -0.3 is 10.2 Å². The predicted molar refractivity (Wildman–Crippen MR) is 139 cm³/mol. The van der Waals surface area contributed by atoms with E-state index in [1.54, 1.807) is 19.2 Å². The lowest BCUT2D eigenvalue weighted by Gasteiger charge is -2.36. The van der Waals surface area contributed by atoms with Crippen molar-refractivity contribution >= 4 is 50.3 Å². The van der Waals surface area contributed by atoms with E-state index in [2.05, 4.69) is 31.3 Å². The zero-order valence-electron chi connectivity index (χ0n) is 20.9. The van der Waals surface area contributed by atoms with E-state index in [9.17, 15) is 14.4 Å². The molecule has 0 spiro atoms. The summed E-state index contributed by atoms with van der Waals surface area (Å²) in [5.41, 5.74) is 2.57. The van der Waals surface area contributed by atoms with Gasteiger partial charge >= 0.3 is 0 Å². The highest BCUT2D eigenvalue weighted by Gasteiger charge is 2.32. The smallest absolute Gasteiger partial charge is 0.254 e. The first-order valence-corrected chi connectivity index (χ1v) is 12.8. The van der Waals surface area contributed by atoms with Crippen molar-refractivity contribution in [2.75, 3.05) is 19.6 Å². The van der Waals surface area contributed by atoms with E-state index < -0.39 is 5.92 Å². The number of allylic oxidation sites excluding steroid dienone is 1. The number of piperidine rings is 1. The Hall–Kier alpha value is -2.81. The lowest BCUT2D eigenvalue weighted by molar-refractivity contribution is -0.140. The summed E-state index contributed by atoms with van der Waals surface area (Å²) >= 11 is 3.54. The van der Waals surface area contributed by atoms with Gasteiger partial charge in [-0.15, -0.1) is 0 Å². The first-order valence-electron chi connectivity index (χ1n) is 12.0. The van der Waals surface area contributed by atoms with Gasteiger partial charge in [0.25, 0.3) is 11.8 Å². The first kappa shape index (κ1) is 25.3. The van der Waals surface area contributed by atoms with Crippen LogP contribution in [0.4, 0.5) is 0 Å². The zero-order valence-corrected chi connectivity index (χ0v) is 22.5. The standard InChI is InChI=1S/C26H32BrN5O3/c1-15-10-16(2)30-24(34)20(15)13-28-23(33)19-11-17(27)12-22-21(19)14-29-32(22)18-6-8-31(9-7-18)25(35)26(3,4)5/h10-12,14,18,20H,6-9,13H2,1-5H3,(H,28,33). The fourth-order valence-corrected chi connectivity index (χ4v) is 5.27. The van der Waals surface area contributed by atoms with Crippen LogP contribution in [0.25, 0.3) is 10.9 Å². The minimum atomic E-state index is -0.450. The molecule has 9 heteroatoms. The fraction of sp³-hybridized carbons (Fsp3) is 0.500. The van der Waals surface area contributed by atoms with Crippen LogP contribution in [-0.2, 0) is 9.59 Å². The maximum absolute atomic E-state index is 13.1. The molecule has 1 N–H and O–H groups in total. The van der Waals surface area contributed by atoms with Gasteiger partial charge in [0.15, 0.2) is 0 Å². The number of aromatic nitrogens is 2. The Bertz CT molecular complexity index is 1250. The molecule has 186 valence electrons. The van der Waals surface area contributed by atoms with Crippen LogP contribution in [0.1, 0.15) is 63.9 Å². The number of hydrogen-bond donors (Lipinski definition) is 1. The van der Waals surface area contributed by atoms with Crippen molar-refractivity contribution in [3.63, 3.8) is 0 Å². The number of halogens is 1. The van der Waals surface area contributed by atoms with Crippen molar-refractivity contribution in [2.45, 2.75) is 53.5 Å². The lowest BCUT2D eigenvalue weighted by Crippen LogP contribution is -2.44. The largest absolute Gasteiger partial charge is 0.351 e. The summed E-state index contributed by atoms with van der Waals surface area (Å²) in [6, 6.07) is 3.90. The summed E-state index contributed by atoms with van der Waals surface area (Å²) in [4.78, 5) is 44.1. The van der Waals surface area contributed by atoms with Gasteiger partial charge in [-0.25, -0.2) is 4.99 Å². The van der Waals surface area contributed by atoms with E-state index in [1.807, 2.05) is 49.4 Å². The zero-order chi connectivity index (χ0) is 25.5. The third kappa shape index (κ3) is 5.24. The minimum Gasteiger partial charge on any atom is -0.351 e. The molecule has 1 atom stereocenters. The summed E-state index contributed by atoms with van der Waals surface area (Å²) in [5.74, 6) is -0.765. The number of aliphatic imine (C=N–C) groups is 1. The summed E-state index contributed by atoms with van der Waals surface area (Å²) < 4.78 is 2.76. The van der Waals surface area contributed by atoms with E-state index in [1.165, 1.54) is 0 Å². The number of nitrogens with one attached hydrogen (secondary N) is 1. The normalized spacial score (nSPS) is 19.5. The van der Waals surface area contributed by atoms with Crippen molar-refractivity contribution in [1.82, 2.24) is 20.0 Å². The van der Waals surface area contributed by atoms with Crippen LogP contribution in [0.2, 0.25) is 0 Å². The van der Waals surface area contributed by atoms with E-state index in [0.29, 0.717) is 24.4 Å². The first-order chi connectivity index (χ1) is 16.5. The molecule has 2 aliphatic rings. The Balaban J connectivity index is 1.51. The molecule has 0 aliphatic carbocycles. The highest BCUT2D eigenvalue weighted by molar-refractivity contribution is 9.10. The van der Waals surface area contributed by atoms with Crippen molar-refractivity contribution in [3.05, 3.63) is 40.0 Å². The van der Waals surface area contributed by atoms with Crippen LogP contribution < -0.4 is 5.32 Å². The molecular formula is C26H32BrN5O3. The molecule has 1 aromatic heterocycles. The van der Waals surface area contributed by atoms with E-state index in [4.69, 9.17) is 0 Å². The van der Waals surface area contributed by atoms with Crippen LogP contribution in [0.15, 0.2) is 39.4 Å². The van der Waals surface area contributed by atoms with Crippen LogP contribution in [0.5, 0.6) is 0 Å². The van der Waals surface area contributed by atoms with Gasteiger partial charge in [-0.05, 0) is 44.9 Å². The molecule has 2 aromatic rings. The molecule has 4 rings (SSSR count). The molecule has 0 saturated carbocycles. The van der Waals surface area contributed by atoms with Crippen molar-refractivity contribution in [1.29, 1.82) is 0 Å². The summed E-state index contributed by atoms with van der Waals surface area (Å²) in [7, 11) is 0. The number of carbonyl (C=O) groups excluding carboxylic acids is 3. The topological polar surface area (TPSA) is 96.7 Å². The molecule has 1 unspecified atom stereocenters. The maximum atomic E-state index is 13.1. The average molecular weight is 542 g/mol. The third-order valence-electron chi connectivity index (χ3n) is 6.70. The maximum Gasteiger partial charge on any atom is 0.254 e. The molecule has 35 heavy (non-hydrogen) atoms. The Morgan fingerprint density at radius 2 is 1.86 bits per heavy atom. The number of nitrogens with zero attached hydrogens (tertiary/aromatic N) is 4. The molecule has 2 aliphatic heterocycles. The summed E-state index contributed by atoms with van der Waals surface area (Å²) in [5, 5.41) is 8.31. The number of hydrogen-bond acceptors (Lipinski definition) is 4. The Labute approximate surface area is 214 Å². The van der Waals surface area contributed by atoms with E-state index in [-0.39, 0.29) is 35.7 Å². The summed E-state index contributed by atoms with van der Waals surface area (Å²) in [6.07, 6.45) is 5.22. The van der Waals surface area contributed by atoms with Crippen molar-refractivity contribution in [2.24, 2.45) is 16.3 Å². The van der Waals surface area contributed by atoms with Crippen molar-refractivity contribution in [3.8, 4) is 0 Å². The number of likely N-dealkylation sites (tertiary alicyclic amines) is 1. The number of fused-ring (bicyclic) bond motifs is 1. The van der Waals surface area contributed by atoms with Gasteiger partial charge in [0.1, 0.15) is 0 Å². The molecule has 8 nitrogen and oxygen atoms in total.